The van der Waals surface area contributed by atoms with Crippen molar-refractivity contribution in [2.24, 2.45) is 4.99 Å². The molecule has 2 aromatic rings. The van der Waals surface area contributed by atoms with Crippen LogP contribution in [0.4, 0.5) is 13.2 Å². The van der Waals surface area contributed by atoms with Crippen LogP contribution in [-0.4, -0.2) is 55.8 Å². The fourth-order valence-corrected chi connectivity index (χ4v) is 6.01. The van der Waals surface area contributed by atoms with Crippen molar-refractivity contribution < 1.29 is 31.1 Å². The Morgan fingerprint density at radius 2 is 2.00 bits per heavy atom. The third-order valence-corrected chi connectivity index (χ3v) is 7.56. The van der Waals surface area contributed by atoms with Gasteiger partial charge in [-0.25, -0.2) is 22.9 Å². The Labute approximate surface area is 203 Å². The highest BCUT2D eigenvalue weighted by atomic mass is 32.2. The number of aliphatic imine (C=N–C) groups is 1. The van der Waals surface area contributed by atoms with Crippen molar-refractivity contribution in [3.05, 3.63) is 63.0 Å². The molecule has 188 valence electrons. The van der Waals surface area contributed by atoms with Gasteiger partial charge in [-0.3, -0.25) is 4.99 Å². The zero-order chi connectivity index (χ0) is 25.5. The van der Waals surface area contributed by atoms with Crippen LogP contribution in [-0.2, 0) is 19.7 Å². The van der Waals surface area contributed by atoms with Crippen molar-refractivity contribution in [2.45, 2.75) is 38.4 Å². The van der Waals surface area contributed by atoms with Crippen molar-refractivity contribution in [2.75, 3.05) is 13.7 Å². The second-order valence-electron chi connectivity index (χ2n) is 8.21. The van der Waals surface area contributed by atoms with Crippen LogP contribution in [0.1, 0.15) is 36.9 Å². The van der Waals surface area contributed by atoms with E-state index in [4.69, 9.17) is 4.74 Å². The molecule has 35 heavy (non-hydrogen) atoms. The molecule has 1 saturated heterocycles. The number of ether oxygens (including phenoxy) is 1. The van der Waals surface area contributed by atoms with Crippen LogP contribution in [0, 0.1) is 17.5 Å². The third-order valence-electron chi connectivity index (χ3n) is 5.36. The standard InChI is InChI=1S/C21H22F3N5O4S2/c1-10(2)27-35(31,32)28-11-8-14-15(21(30)33-3)18(12-4-5-13(22)17(24)16(12)23)26-19(29(14)9-11)20-25-6-7-34-20/h4-7,10-11,18,27-28H,8-9H2,1-3H3/t11-,18-/m0/s1. The maximum atomic E-state index is 14.8. The van der Waals surface area contributed by atoms with Crippen molar-refractivity contribution >= 4 is 33.4 Å². The van der Waals surface area contributed by atoms with Gasteiger partial charge in [0.1, 0.15) is 6.04 Å². The molecule has 1 fully saturated rings. The molecular formula is C21H22F3N5O4S2. The van der Waals surface area contributed by atoms with E-state index in [1.807, 2.05) is 0 Å². The number of methoxy groups -OCH3 is 1. The summed E-state index contributed by atoms with van der Waals surface area (Å²) >= 11 is 1.22. The molecule has 1 aromatic heterocycles. The molecule has 4 rings (SSSR count). The smallest absolute Gasteiger partial charge is 0.338 e. The second-order valence-corrected chi connectivity index (χ2v) is 10.6. The zero-order valence-corrected chi connectivity index (χ0v) is 20.5. The van der Waals surface area contributed by atoms with E-state index in [0.717, 1.165) is 19.2 Å². The molecule has 0 amide bonds. The number of aromatic nitrogens is 1. The quantitative estimate of drug-likeness (QED) is 0.421. The van der Waals surface area contributed by atoms with E-state index in [0.29, 0.717) is 10.7 Å². The van der Waals surface area contributed by atoms with Gasteiger partial charge in [0.2, 0.25) is 0 Å². The number of fused-ring (bicyclic) bond motifs is 1. The van der Waals surface area contributed by atoms with Crippen LogP contribution in [0.15, 0.2) is 40.0 Å². The summed E-state index contributed by atoms with van der Waals surface area (Å²) in [5.41, 5.74) is -0.143. The molecular weight excluding hydrogens is 507 g/mol. The lowest BCUT2D eigenvalue weighted by Gasteiger charge is -2.31. The summed E-state index contributed by atoms with van der Waals surface area (Å²) in [7, 11) is -2.75. The topological polar surface area (TPSA) is 113 Å². The number of nitrogens with zero attached hydrogens (tertiary/aromatic N) is 3. The van der Waals surface area contributed by atoms with E-state index in [9.17, 15) is 26.4 Å². The van der Waals surface area contributed by atoms with Gasteiger partial charge in [-0.05, 0) is 19.9 Å². The summed E-state index contributed by atoms with van der Waals surface area (Å²) in [4.78, 5) is 23.2. The van der Waals surface area contributed by atoms with Crippen LogP contribution < -0.4 is 9.44 Å². The van der Waals surface area contributed by atoms with Gasteiger partial charge in [-0.1, -0.05) is 6.07 Å². The number of benzene rings is 1. The number of carbonyl (C=O) groups is 1. The Morgan fingerprint density at radius 3 is 2.63 bits per heavy atom. The maximum Gasteiger partial charge on any atom is 0.338 e. The van der Waals surface area contributed by atoms with E-state index in [1.165, 1.54) is 17.5 Å². The molecule has 2 atom stereocenters. The summed E-state index contributed by atoms with van der Waals surface area (Å²) in [5, 5.41) is 2.11. The van der Waals surface area contributed by atoms with E-state index in [-0.39, 0.29) is 36.0 Å². The number of carbonyl (C=O) groups excluding carboxylic acids is 1. The predicted molar refractivity (Wildman–Crippen MR) is 122 cm³/mol. The van der Waals surface area contributed by atoms with E-state index in [1.54, 1.807) is 24.1 Å². The number of rotatable bonds is 7. The average Bonchev–Trinajstić information content (AvgIpc) is 3.45. The number of nitrogens with one attached hydrogen (secondary N) is 2. The highest BCUT2D eigenvalue weighted by molar-refractivity contribution is 7.87. The summed E-state index contributed by atoms with van der Waals surface area (Å²) in [6, 6.07) is -0.634. The zero-order valence-electron chi connectivity index (χ0n) is 18.9. The summed E-state index contributed by atoms with van der Waals surface area (Å²) in [5.74, 6) is -5.17. The van der Waals surface area contributed by atoms with Gasteiger partial charge in [0, 0.05) is 47.9 Å². The fraction of sp³-hybridized carbons (Fsp3) is 0.381. The number of esters is 1. The Kier molecular flexibility index (Phi) is 6.99. The minimum atomic E-state index is -3.87. The van der Waals surface area contributed by atoms with Gasteiger partial charge in [0.05, 0.1) is 12.7 Å². The minimum absolute atomic E-state index is 0.0373. The first-order valence-electron chi connectivity index (χ1n) is 10.5. The first-order chi connectivity index (χ1) is 16.5. The largest absolute Gasteiger partial charge is 0.466 e. The summed E-state index contributed by atoms with van der Waals surface area (Å²) in [6.07, 6.45) is 1.56. The molecule has 0 spiro atoms. The molecule has 0 radical (unpaired) electrons. The third kappa shape index (κ3) is 4.96. The molecule has 0 bridgehead atoms. The Hall–Kier alpha value is -2.81. The number of halogens is 3. The molecule has 2 N–H and O–H groups in total. The van der Waals surface area contributed by atoms with Crippen LogP contribution >= 0.6 is 11.3 Å². The minimum Gasteiger partial charge on any atom is -0.466 e. The monoisotopic (exact) mass is 529 g/mol. The summed E-state index contributed by atoms with van der Waals surface area (Å²) < 4.78 is 77.4. The van der Waals surface area contributed by atoms with Gasteiger partial charge in [0.25, 0.3) is 10.2 Å². The van der Waals surface area contributed by atoms with Crippen molar-refractivity contribution in [1.82, 2.24) is 19.3 Å². The lowest BCUT2D eigenvalue weighted by atomic mass is 9.94. The number of hydrogen-bond acceptors (Lipinski definition) is 8. The first-order valence-corrected chi connectivity index (χ1v) is 12.9. The SMILES string of the molecule is COC(=O)C1=C2C[C@H](NS(=O)(=O)NC(C)C)CN2C(c2nccs2)=N[C@H]1c1ccc(F)c(F)c1F. The van der Waals surface area contributed by atoms with Gasteiger partial charge in [-0.2, -0.15) is 17.9 Å². The molecule has 0 saturated carbocycles. The molecule has 0 aliphatic carbocycles. The van der Waals surface area contributed by atoms with Crippen LogP contribution in [0.5, 0.6) is 0 Å². The fourth-order valence-electron chi connectivity index (χ4n) is 4.09. The Bertz CT molecular complexity index is 1310. The average molecular weight is 530 g/mol. The molecule has 9 nitrogen and oxygen atoms in total. The van der Waals surface area contributed by atoms with Crippen LogP contribution in [0.2, 0.25) is 0 Å². The lowest BCUT2D eigenvalue weighted by molar-refractivity contribution is -0.136. The van der Waals surface area contributed by atoms with Gasteiger partial charge >= 0.3 is 5.97 Å². The van der Waals surface area contributed by atoms with Gasteiger partial charge in [0.15, 0.2) is 28.3 Å². The highest BCUT2D eigenvalue weighted by Gasteiger charge is 2.43. The maximum absolute atomic E-state index is 14.8. The highest BCUT2D eigenvalue weighted by Crippen LogP contribution is 2.41. The van der Waals surface area contributed by atoms with E-state index in [2.05, 4.69) is 19.4 Å². The Balaban J connectivity index is 1.85. The van der Waals surface area contributed by atoms with Crippen LogP contribution in [0.3, 0.4) is 0 Å². The predicted octanol–water partition coefficient (Wildman–Crippen LogP) is 2.40. The van der Waals surface area contributed by atoms with Gasteiger partial charge in [-0.15, -0.1) is 11.3 Å². The lowest BCUT2D eigenvalue weighted by Crippen LogP contribution is -2.46. The van der Waals surface area contributed by atoms with Crippen molar-refractivity contribution in [3.8, 4) is 0 Å². The van der Waals surface area contributed by atoms with E-state index < -0.39 is 45.7 Å². The number of thiazole rings is 1. The van der Waals surface area contributed by atoms with Crippen molar-refractivity contribution in [1.29, 1.82) is 0 Å². The summed E-state index contributed by atoms with van der Waals surface area (Å²) in [6.45, 7) is 3.44. The first kappa shape index (κ1) is 25.3. The second kappa shape index (κ2) is 9.68. The normalized spacial score (nSPS) is 20.3. The van der Waals surface area contributed by atoms with Crippen molar-refractivity contribution in [3.63, 3.8) is 0 Å². The molecule has 1 aromatic carbocycles. The molecule has 2 aliphatic rings. The molecule has 2 aliphatic heterocycles. The Morgan fingerprint density at radius 1 is 1.26 bits per heavy atom. The molecule has 0 unspecified atom stereocenters. The van der Waals surface area contributed by atoms with Crippen LogP contribution in [0.25, 0.3) is 0 Å². The number of amidine groups is 1. The number of hydrogen-bond donors (Lipinski definition) is 2. The van der Waals surface area contributed by atoms with E-state index >= 15 is 0 Å². The molecule has 3 heterocycles. The van der Waals surface area contributed by atoms with Gasteiger partial charge < -0.3 is 9.64 Å². The molecule has 14 heteroatoms.